The minimum Gasteiger partial charge on any atom is -0.481 e. The SMILES string of the molecule is CC.CC(CCCC(C)CC(=O)O)CCC1C(C)CCCC1(C)C.CC1=C(/C=C/C(C)=C/C=C/C(C)=C/C(=O)O)C(C)(C)CCC1. The molecule has 2 N–H and O–H groups in total. The van der Waals surface area contributed by atoms with E-state index in [1.165, 1.54) is 81.4 Å². The Morgan fingerprint density at radius 2 is 1.54 bits per heavy atom. The van der Waals surface area contributed by atoms with Crippen LogP contribution in [-0.4, -0.2) is 22.2 Å². The van der Waals surface area contributed by atoms with E-state index >= 15 is 0 Å². The highest BCUT2D eigenvalue weighted by molar-refractivity contribution is 5.81. The molecule has 4 heteroatoms. The van der Waals surface area contributed by atoms with Gasteiger partial charge in [0.1, 0.15) is 0 Å². The molecule has 0 spiro atoms. The van der Waals surface area contributed by atoms with Gasteiger partial charge in [0.2, 0.25) is 0 Å². The molecule has 46 heavy (non-hydrogen) atoms. The summed E-state index contributed by atoms with van der Waals surface area (Å²) >= 11 is 0. The van der Waals surface area contributed by atoms with Crippen LogP contribution < -0.4 is 0 Å². The fourth-order valence-electron chi connectivity index (χ4n) is 7.41. The summed E-state index contributed by atoms with van der Waals surface area (Å²) in [7, 11) is 0. The normalized spacial score (nSPS) is 22.9. The van der Waals surface area contributed by atoms with Gasteiger partial charge in [-0.1, -0.05) is 142 Å². The van der Waals surface area contributed by atoms with Crippen molar-refractivity contribution in [1.29, 1.82) is 0 Å². The van der Waals surface area contributed by atoms with E-state index in [1.807, 2.05) is 26.0 Å². The van der Waals surface area contributed by atoms with E-state index in [0.717, 1.165) is 35.3 Å². The molecule has 2 aliphatic rings. The molecule has 4 nitrogen and oxygen atoms in total. The fourth-order valence-corrected chi connectivity index (χ4v) is 7.41. The highest BCUT2D eigenvalue weighted by Crippen LogP contribution is 2.46. The van der Waals surface area contributed by atoms with E-state index in [-0.39, 0.29) is 5.41 Å². The molecule has 2 rings (SSSR count). The molecule has 0 heterocycles. The van der Waals surface area contributed by atoms with Crippen LogP contribution in [0, 0.1) is 34.5 Å². The Labute approximate surface area is 284 Å². The van der Waals surface area contributed by atoms with Gasteiger partial charge in [-0.3, -0.25) is 4.79 Å². The van der Waals surface area contributed by atoms with Gasteiger partial charge < -0.3 is 10.2 Å². The lowest BCUT2D eigenvalue weighted by Gasteiger charge is -2.43. The predicted octanol–water partition coefficient (Wildman–Crippen LogP) is 12.8. The first-order valence-corrected chi connectivity index (χ1v) is 18.3. The Hall–Kier alpha value is -2.36. The Kier molecular flexibility index (Phi) is 21.1. The maximum atomic E-state index is 10.7. The Morgan fingerprint density at radius 3 is 2.11 bits per heavy atom. The van der Waals surface area contributed by atoms with Crippen molar-refractivity contribution in [3.63, 3.8) is 0 Å². The largest absolute Gasteiger partial charge is 0.481 e. The van der Waals surface area contributed by atoms with Crippen molar-refractivity contribution >= 4 is 11.9 Å². The molecule has 1 fully saturated rings. The third-order valence-corrected chi connectivity index (χ3v) is 10.2. The molecule has 4 unspecified atom stereocenters. The zero-order valence-electron chi connectivity index (χ0n) is 32.0. The summed E-state index contributed by atoms with van der Waals surface area (Å²) in [6.07, 6.45) is 25.7. The van der Waals surface area contributed by atoms with E-state index < -0.39 is 11.9 Å². The monoisotopic (exact) mass is 641 g/mol. The number of carboxylic acids is 2. The van der Waals surface area contributed by atoms with Crippen molar-refractivity contribution in [3.8, 4) is 0 Å². The molecule has 0 aromatic heterocycles. The van der Waals surface area contributed by atoms with Crippen LogP contribution in [0.1, 0.15) is 160 Å². The highest BCUT2D eigenvalue weighted by Gasteiger charge is 2.36. The average Bonchev–Trinajstić information content (AvgIpc) is 2.92. The molecule has 0 bridgehead atoms. The predicted molar refractivity (Wildman–Crippen MR) is 199 cm³/mol. The quantitative estimate of drug-likeness (QED) is 0.146. The topological polar surface area (TPSA) is 74.6 Å². The van der Waals surface area contributed by atoms with Gasteiger partial charge in [-0.05, 0) is 98.5 Å². The van der Waals surface area contributed by atoms with Crippen molar-refractivity contribution in [2.75, 3.05) is 0 Å². The number of hydrogen-bond acceptors (Lipinski definition) is 2. The second kappa shape index (κ2) is 22.3. The van der Waals surface area contributed by atoms with E-state index in [0.29, 0.717) is 17.8 Å². The first kappa shape index (κ1) is 43.6. The highest BCUT2D eigenvalue weighted by atomic mass is 16.4. The van der Waals surface area contributed by atoms with Crippen LogP contribution in [0.15, 0.2) is 58.7 Å². The van der Waals surface area contributed by atoms with Crippen LogP contribution in [0.25, 0.3) is 0 Å². The summed E-state index contributed by atoms with van der Waals surface area (Å²) in [6, 6.07) is 0. The second-order valence-electron chi connectivity index (χ2n) is 15.5. The summed E-state index contributed by atoms with van der Waals surface area (Å²) in [5.41, 5.74) is 5.62. The number of carboxylic acid groups (broad SMARTS) is 2. The van der Waals surface area contributed by atoms with Gasteiger partial charge in [0, 0.05) is 12.5 Å². The van der Waals surface area contributed by atoms with E-state index in [4.69, 9.17) is 10.2 Å². The molecular formula is C42H72O4. The maximum Gasteiger partial charge on any atom is 0.328 e. The molecule has 1 saturated carbocycles. The van der Waals surface area contributed by atoms with Crippen molar-refractivity contribution in [2.45, 2.75) is 160 Å². The maximum absolute atomic E-state index is 10.7. The third kappa shape index (κ3) is 18.1. The first-order valence-electron chi connectivity index (χ1n) is 18.3. The summed E-state index contributed by atoms with van der Waals surface area (Å²) in [5.74, 6) is 1.30. The number of aliphatic carboxylic acids is 2. The van der Waals surface area contributed by atoms with Gasteiger partial charge in [0.15, 0.2) is 0 Å². The number of allylic oxidation sites excluding steroid dienone is 9. The van der Waals surface area contributed by atoms with Gasteiger partial charge in [-0.2, -0.15) is 0 Å². The molecule has 4 atom stereocenters. The number of carbonyl (C=O) groups is 2. The lowest BCUT2D eigenvalue weighted by molar-refractivity contribution is -0.138. The minimum absolute atomic E-state index is 0.260. The molecule has 0 aromatic rings. The lowest BCUT2D eigenvalue weighted by atomic mass is 9.62. The lowest BCUT2D eigenvalue weighted by Crippen LogP contribution is -2.33. The van der Waals surface area contributed by atoms with E-state index in [2.05, 4.69) is 74.5 Å². The van der Waals surface area contributed by atoms with Gasteiger partial charge in [0.05, 0.1) is 0 Å². The molecule has 0 aromatic carbocycles. The fraction of sp³-hybridized carbons (Fsp3) is 0.714. The molecule has 264 valence electrons. The Bertz CT molecular complexity index is 1070. The summed E-state index contributed by atoms with van der Waals surface area (Å²) in [5, 5.41) is 17.4. The number of hydrogen-bond donors (Lipinski definition) is 2. The minimum atomic E-state index is -0.912. The molecule has 0 aliphatic heterocycles. The van der Waals surface area contributed by atoms with Crippen molar-refractivity contribution in [1.82, 2.24) is 0 Å². The summed E-state index contributed by atoms with van der Waals surface area (Å²) in [6.45, 7) is 26.5. The van der Waals surface area contributed by atoms with Gasteiger partial charge >= 0.3 is 11.9 Å². The zero-order valence-corrected chi connectivity index (χ0v) is 32.0. The molecule has 0 saturated heterocycles. The van der Waals surface area contributed by atoms with E-state index in [1.54, 1.807) is 13.0 Å². The van der Waals surface area contributed by atoms with Crippen LogP contribution in [0.4, 0.5) is 0 Å². The van der Waals surface area contributed by atoms with Crippen LogP contribution >= 0.6 is 0 Å². The van der Waals surface area contributed by atoms with Gasteiger partial charge in [-0.15, -0.1) is 0 Å². The second-order valence-corrected chi connectivity index (χ2v) is 15.5. The zero-order chi connectivity index (χ0) is 35.5. The van der Waals surface area contributed by atoms with Gasteiger partial charge in [-0.25, -0.2) is 4.79 Å². The van der Waals surface area contributed by atoms with Crippen molar-refractivity contribution in [2.24, 2.45) is 34.5 Å². The molecule has 2 aliphatic carbocycles. The molecular weight excluding hydrogens is 568 g/mol. The number of rotatable bonds is 14. The standard InChI is InChI=1S/C20H38O2.C20H28O2.C2H6/c2*1-15(8-6-9-16(2)14-19(21)22)11-12-18-17(3)10-7-13-20(18,4)5;1-2/h15-18H,6-14H2,1-5H3,(H,21,22);6,8-9,11-12,14H,7,10,13H2,1-5H3,(H,21,22);1-2H3/b;9-6+,12-11+,15-8+,16-14+;. The smallest absolute Gasteiger partial charge is 0.328 e. The van der Waals surface area contributed by atoms with Crippen LogP contribution in [0.3, 0.4) is 0 Å². The molecule has 0 radical (unpaired) electrons. The summed E-state index contributed by atoms with van der Waals surface area (Å²) in [4.78, 5) is 21.2. The average molecular weight is 641 g/mol. The van der Waals surface area contributed by atoms with Gasteiger partial charge in [0.25, 0.3) is 0 Å². The molecule has 0 amide bonds. The summed E-state index contributed by atoms with van der Waals surface area (Å²) < 4.78 is 0. The third-order valence-electron chi connectivity index (χ3n) is 10.2. The van der Waals surface area contributed by atoms with Crippen molar-refractivity contribution < 1.29 is 19.8 Å². The van der Waals surface area contributed by atoms with Crippen LogP contribution in [0.5, 0.6) is 0 Å². The Balaban J connectivity index is 0.000000835. The van der Waals surface area contributed by atoms with Crippen molar-refractivity contribution in [3.05, 3.63) is 58.7 Å². The van der Waals surface area contributed by atoms with Crippen LogP contribution in [0.2, 0.25) is 0 Å². The van der Waals surface area contributed by atoms with E-state index in [9.17, 15) is 9.59 Å². The first-order chi connectivity index (χ1) is 21.4. The van der Waals surface area contributed by atoms with Crippen LogP contribution in [-0.2, 0) is 9.59 Å². The Morgan fingerprint density at radius 1 is 0.913 bits per heavy atom.